The monoisotopic (exact) mass is 325 g/mol. The molecule has 2 aromatic carbocycles. The summed E-state index contributed by atoms with van der Waals surface area (Å²) in [6.07, 6.45) is 4.07. The predicted molar refractivity (Wildman–Crippen MR) is 96.8 cm³/mol. The van der Waals surface area contributed by atoms with Gasteiger partial charge in [-0.15, -0.1) is 0 Å². The van der Waals surface area contributed by atoms with Crippen LogP contribution >= 0.6 is 0 Å². The lowest BCUT2D eigenvalue weighted by Gasteiger charge is -2.01. The highest BCUT2D eigenvalue weighted by Gasteiger charge is 2.17. The smallest absolute Gasteiger partial charge is 0.205 e. The highest BCUT2D eigenvalue weighted by Crippen LogP contribution is 2.25. The Bertz CT molecular complexity index is 1060. The number of nitrogens with zero attached hydrogens (tertiary/aromatic N) is 2. The molecule has 4 nitrogen and oxygen atoms in total. The minimum absolute atomic E-state index is 0.0625. The number of nitriles is 2. The van der Waals surface area contributed by atoms with Crippen molar-refractivity contribution in [2.45, 2.75) is 13.3 Å². The maximum atomic E-state index is 12.8. The normalized spacial score (nSPS) is 11.1. The Morgan fingerprint density at radius 2 is 1.92 bits per heavy atom. The molecule has 0 aliphatic carbocycles. The molecular weight excluding hydrogens is 310 g/mol. The van der Waals surface area contributed by atoms with E-state index in [9.17, 15) is 10.1 Å². The summed E-state index contributed by atoms with van der Waals surface area (Å²) in [5.41, 5.74) is 3.86. The summed E-state index contributed by atoms with van der Waals surface area (Å²) >= 11 is 0. The fourth-order valence-electron chi connectivity index (χ4n) is 2.81. The molecule has 1 heterocycles. The molecule has 1 N–H and O–H groups in total. The van der Waals surface area contributed by atoms with Crippen LogP contribution in [0.15, 0.2) is 54.2 Å². The van der Waals surface area contributed by atoms with Gasteiger partial charge in [-0.2, -0.15) is 10.5 Å². The van der Waals surface area contributed by atoms with Crippen LogP contribution in [0.4, 0.5) is 0 Å². The van der Waals surface area contributed by atoms with Crippen LogP contribution in [0.1, 0.15) is 34.0 Å². The van der Waals surface area contributed by atoms with E-state index in [0.717, 1.165) is 22.9 Å². The van der Waals surface area contributed by atoms with Gasteiger partial charge in [-0.25, -0.2) is 0 Å². The van der Waals surface area contributed by atoms with E-state index in [1.165, 1.54) is 0 Å². The number of aromatic nitrogens is 1. The highest BCUT2D eigenvalue weighted by molar-refractivity contribution is 6.20. The zero-order valence-electron chi connectivity index (χ0n) is 13.7. The summed E-state index contributed by atoms with van der Waals surface area (Å²) in [4.78, 5) is 16.0. The Hall–Kier alpha value is -3.63. The van der Waals surface area contributed by atoms with Crippen LogP contribution in [0.3, 0.4) is 0 Å². The summed E-state index contributed by atoms with van der Waals surface area (Å²) in [5, 5.41) is 19.1. The first kappa shape index (κ1) is 16.2. The fourth-order valence-corrected chi connectivity index (χ4v) is 2.81. The summed E-state index contributed by atoms with van der Waals surface area (Å²) < 4.78 is 0. The number of Topliss-reactive ketones (excluding diaryl/α,β-unsaturated/α-hetero) is 1. The molecule has 0 saturated carbocycles. The Kier molecular flexibility index (Phi) is 4.46. The van der Waals surface area contributed by atoms with E-state index in [0.29, 0.717) is 16.7 Å². The summed E-state index contributed by atoms with van der Waals surface area (Å²) in [5.74, 6) is -0.314. The number of rotatable bonds is 4. The summed E-state index contributed by atoms with van der Waals surface area (Å²) in [7, 11) is 0. The average Bonchev–Trinajstić information content (AvgIpc) is 3.10. The van der Waals surface area contributed by atoms with Crippen LogP contribution in [0.2, 0.25) is 0 Å². The molecule has 120 valence electrons. The fraction of sp³-hybridized carbons (Fsp3) is 0.0952. The number of nitrogens with one attached hydrogen (secondary N) is 1. The van der Waals surface area contributed by atoms with E-state index in [-0.39, 0.29) is 11.4 Å². The van der Waals surface area contributed by atoms with E-state index >= 15 is 0 Å². The second-order valence-corrected chi connectivity index (χ2v) is 5.63. The molecule has 3 aromatic rings. The number of H-pyrrole nitrogens is 1. The largest absolute Gasteiger partial charge is 0.360 e. The third-order valence-electron chi connectivity index (χ3n) is 4.14. The zero-order chi connectivity index (χ0) is 17.8. The van der Waals surface area contributed by atoms with Gasteiger partial charge >= 0.3 is 0 Å². The third kappa shape index (κ3) is 3.06. The number of hydrogen-bond donors (Lipinski definition) is 1. The van der Waals surface area contributed by atoms with Crippen LogP contribution in [0, 0.1) is 22.7 Å². The minimum Gasteiger partial charge on any atom is -0.360 e. The van der Waals surface area contributed by atoms with Crippen molar-refractivity contribution in [3.8, 4) is 12.1 Å². The van der Waals surface area contributed by atoms with Crippen molar-refractivity contribution in [3.05, 3.63) is 76.5 Å². The van der Waals surface area contributed by atoms with Gasteiger partial charge in [0.1, 0.15) is 11.6 Å². The standard InChI is InChI=1S/C21H15N3O/c1-2-16-4-3-5-18-19(13-24-20(16)18)21(25)17(12-23)10-14-6-8-15(11-22)9-7-14/h3-10,13,24H,2H2,1H3/b17-10+. The number of aryl methyl sites for hydroxylation is 1. The van der Waals surface area contributed by atoms with Crippen molar-refractivity contribution in [2.24, 2.45) is 0 Å². The lowest BCUT2D eigenvalue weighted by atomic mass is 9.99. The Morgan fingerprint density at radius 3 is 2.56 bits per heavy atom. The zero-order valence-corrected chi connectivity index (χ0v) is 13.7. The van der Waals surface area contributed by atoms with Crippen LogP contribution in [0.5, 0.6) is 0 Å². The van der Waals surface area contributed by atoms with Crippen molar-refractivity contribution in [1.82, 2.24) is 4.98 Å². The van der Waals surface area contributed by atoms with Crippen molar-refractivity contribution in [3.63, 3.8) is 0 Å². The number of hydrogen-bond acceptors (Lipinski definition) is 3. The maximum absolute atomic E-state index is 12.8. The average molecular weight is 325 g/mol. The molecule has 0 saturated heterocycles. The number of carbonyl (C=O) groups excluding carboxylic acids is 1. The predicted octanol–water partition coefficient (Wildman–Crippen LogP) is 4.39. The van der Waals surface area contributed by atoms with Crippen LogP contribution in [0.25, 0.3) is 17.0 Å². The van der Waals surface area contributed by atoms with Crippen molar-refractivity contribution in [2.75, 3.05) is 0 Å². The molecule has 4 heteroatoms. The summed E-state index contributed by atoms with van der Waals surface area (Å²) in [6.45, 7) is 2.06. The number of para-hydroxylation sites is 1. The van der Waals surface area contributed by atoms with Gasteiger partial charge in [0, 0.05) is 22.7 Å². The van der Waals surface area contributed by atoms with E-state index < -0.39 is 0 Å². The molecule has 0 unspecified atom stereocenters. The number of aromatic amines is 1. The first-order valence-electron chi connectivity index (χ1n) is 7.93. The van der Waals surface area contributed by atoms with Gasteiger partial charge < -0.3 is 4.98 Å². The second-order valence-electron chi connectivity index (χ2n) is 5.63. The van der Waals surface area contributed by atoms with Gasteiger partial charge in [-0.1, -0.05) is 37.3 Å². The molecule has 0 fully saturated rings. The van der Waals surface area contributed by atoms with Crippen molar-refractivity contribution in [1.29, 1.82) is 10.5 Å². The van der Waals surface area contributed by atoms with Crippen LogP contribution < -0.4 is 0 Å². The molecule has 0 spiro atoms. The molecule has 0 bridgehead atoms. The topological polar surface area (TPSA) is 80.4 Å². The first-order valence-corrected chi connectivity index (χ1v) is 7.93. The van der Waals surface area contributed by atoms with Crippen molar-refractivity contribution >= 4 is 22.8 Å². The Labute approximate surface area is 145 Å². The van der Waals surface area contributed by atoms with E-state index in [1.54, 1.807) is 36.5 Å². The Morgan fingerprint density at radius 1 is 1.16 bits per heavy atom. The minimum atomic E-state index is -0.314. The van der Waals surface area contributed by atoms with Gasteiger partial charge in [0.15, 0.2) is 0 Å². The highest BCUT2D eigenvalue weighted by atomic mass is 16.1. The first-order chi connectivity index (χ1) is 12.2. The van der Waals surface area contributed by atoms with Crippen LogP contribution in [-0.2, 0) is 6.42 Å². The second kappa shape index (κ2) is 6.86. The lowest BCUT2D eigenvalue weighted by molar-refractivity contribution is 0.104. The molecule has 3 rings (SSSR count). The lowest BCUT2D eigenvalue weighted by Crippen LogP contribution is -2.01. The van der Waals surface area contributed by atoms with Gasteiger partial charge in [0.05, 0.1) is 11.6 Å². The molecule has 25 heavy (non-hydrogen) atoms. The molecule has 0 atom stereocenters. The van der Waals surface area contributed by atoms with Crippen molar-refractivity contribution < 1.29 is 4.79 Å². The SMILES string of the molecule is CCc1cccc2c(C(=O)/C(C#N)=C/c3ccc(C#N)cc3)c[nH]c12. The molecule has 0 aliphatic rings. The van der Waals surface area contributed by atoms with E-state index in [2.05, 4.69) is 11.9 Å². The molecular formula is C21H15N3O. The van der Waals surface area contributed by atoms with Gasteiger partial charge in [0.2, 0.25) is 5.78 Å². The van der Waals surface area contributed by atoms with E-state index in [4.69, 9.17) is 5.26 Å². The van der Waals surface area contributed by atoms with Gasteiger partial charge in [-0.3, -0.25) is 4.79 Å². The number of carbonyl (C=O) groups is 1. The van der Waals surface area contributed by atoms with Gasteiger partial charge in [-0.05, 0) is 35.8 Å². The molecule has 0 aliphatic heterocycles. The van der Waals surface area contributed by atoms with Gasteiger partial charge in [0.25, 0.3) is 0 Å². The number of fused-ring (bicyclic) bond motifs is 1. The Balaban J connectivity index is 2.02. The molecule has 0 amide bonds. The molecule has 0 radical (unpaired) electrons. The third-order valence-corrected chi connectivity index (χ3v) is 4.14. The van der Waals surface area contributed by atoms with E-state index in [1.807, 2.05) is 30.3 Å². The number of ketones is 1. The number of allylic oxidation sites excluding steroid dienone is 1. The maximum Gasteiger partial charge on any atom is 0.205 e. The quantitative estimate of drug-likeness (QED) is 0.439. The summed E-state index contributed by atoms with van der Waals surface area (Å²) in [6, 6.07) is 16.6. The number of benzene rings is 2. The van der Waals surface area contributed by atoms with Crippen LogP contribution in [-0.4, -0.2) is 10.8 Å². The molecule has 1 aromatic heterocycles.